The third-order valence-electron chi connectivity index (χ3n) is 5.23. The highest BCUT2D eigenvalue weighted by Gasteiger charge is 2.30. The number of benzene rings is 3. The molecule has 10 heteroatoms. The Bertz CT molecular complexity index is 1330. The molecule has 1 aliphatic heterocycles. The molecule has 6 nitrogen and oxygen atoms in total. The van der Waals surface area contributed by atoms with Crippen LogP contribution >= 0.6 is 11.6 Å². The summed E-state index contributed by atoms with van der Waals surface area (Å²) in [7, 11) is 0. The third kappa shape index (κ3) is 4.74. The van der Waals surface area contributed by atoms with Crippen LogP contribution in [0.15, 0.2) is 84.1 Å². The number of alkyl halides is 3. The summed E-state index contributed by atoms with van der Waals surface area (Å²) in [5.41, 5.74) is 2.28. The number of amidine groups is 1. The fourth-order valence-corrected chi connectivity index (χ4v) is 3.67. The highest BCUT2D eigenvalue weighted by Crippen LogP contribution is 2.30. The second-order valence-corrected chi connectivity index (χ2v) is 8.01. The lowest BCUT2D eigenvalue weighted by Gasteiger charge is -2.07. The van der Waals surface area contributed by atoms with E-state index in [9.17, 15) is 13.2 Å². The van der Waals surface area contributed by atoms with Gasteiger partial charge in [0.15, 0.2) is 5.82 Å². The van der Waals surface area contributed by atoms with Crippen molar-refractivity contribution < 1.29 is 17.9 Å². The van der Waals surface area contributed by atoms with Gasteiger partial charge in [-0.25, -0.2) is 14.7 Å². The molecule has 1 N–H and O–H groups in total. The normalized spacial score (nSPS) is 15.6. The molecule has 0 aliphatic carbocycles. The highest BCUT2D eigenvalue weighted by atomic mass is 35.5. The smallest absolute Gasteiger partial charge is 0.416 e. The Hall–Kier alpha value is -3.85. The number of aliphatic imine (C=N–C) groups is 1. The number of hydrogen-bond acceptors (Lipinski definition) is 5. The summed E-state index contributed by atoms with van der Waals surface area (Å²) >= 11 is 6.06. The zero-order valence-corrected chi connectivity index (χ0v) is 18.3. The lowest BCUT2D eigenvalue weighted by atomic mass is 10.1. The summed E-state index contributed by atoms with van der Waals surface area (Å²) < 4.78 is 45.4. The van der Waals surface area contributed by atoms with Gasteiger partial charge < -0.3 is 10.1 Å². The Kier molecular flexibility index (Phi) is 5.70. The third-order valence-corrected chi connectivity index (χ3v) is 5.46. The molecule has 1 aliphatic rings. The first kappa shape index (κ1) is 22.0. The van der Waals surface area contributed by atoms with Crippen LogP contribution in [0.5, 0.6) is 0 Å². The van der Waals surface area contributed by atoms with E-state index in [4.69, 9.17) is 16.3 Å². The van der Waals surface area contributed by atoms with Crippen molar-refractivity contribution in [2.24, 2.45) is 4.99 Å². The van der Waals surface area contributed by atoms with Crippen molar-refractivity contribution in [2.45, 2.75) is 12.2 Å². The van der Waals surface area contributed by atoms with Crippen LogP contribution in [0.4, 0.5) is 18.9 Å². The summed E-state index contributed by atoms with van der Waals surface area (Å²) in [6.45, 7) is 0.423. The van der Waals surface area contributed by atoms with Crippen molar-refractivity contribution >= 4 is 23.3 Å². The number of hydrogen-bond donors (Lipinski definition) is 1. The Labute approximate surface area is 197 Å². The molecule has 0 saturated carbocycles. The first-order valence-electron chi connectivity index (χ1n) is 10.3. The number of aromatic nitrogens is 3. The number of anilines is 1. The molecule has 5 rings (SSSR count). The Balaban J connectivity index is 1.26. The van der Waals surface area contributed by atoms with E-state index in [0.29, 0.717) is 29.2 Å². The Morgan fingerprint density at radius 1 is 1.00 bits per heavy atom. The Morgan fingerprint density at radius 2 is 1.76 bits per heavy atom. The van der Waals surface area contributed by atoms with Crippen molar-refractivity contribution in [3.8, 4) is 17.1 Å². The molecule has 0 bridgehead atoms. The molecule has 34 heavy (non-hydrogen) atoms. The second kappa shape index (κ2) is 8.83. The molecule has 0 spiro atoms. The Morgan fingerprint density at radius 3 is 2.47 bits per heavy atom. The van der Waals surface area contributed by atoms with Crippen LogP contribution in [0.2, 0.25) is 5.02 Å². The van der Waals surface area contributed by atoms with Gasteiger partial charge in [0.25, 0.3) is 6.02 Å². The van der Waals surface area contributed by atoms with E-state index in [-0.39, 0.29) is 6.04 Å². The van der Waals surface area contributed by atoms with Gasteiger partial charge in [-0.15, -0.1) is 5.10 Å². The molecule has 0 amide bonds. The predicted octanol–water partition coefficient (Wildman–Crippen LogP) is 6.15. The maximum absolute atomic E-state index is 12.8. The van der Waals surface area contributed by atoms with Crippen LogP contribution in [0, 0.1) is 0 Å². The van der Waals surface area contributed by atoms with Crippen LogP contribution in [0.25, 0.3) is 17.1 Å². The second-order valence-electron chi connectivity index (χ2n) is 7.58. The number of rotatable bonds is 4. The minimum Gasteiger partial charge on any atom is -0.462 e. The van der Waals surface area contributed by atoms with Gasteiger partial charge in [-0.05, 0) is 66.2 Å². The fraction of sp³-hybridized carbons (Fsp3) is 0.125. The first-order chi connectivity index (χ1) is 16.3. The maximum atomic E-state index is 12.8. The van der Waals surface area contributed by atoms with Crippen LogP contribution < -0.4 is 5.32 Å². The van der Waals surface area contributed by atoms with Gasteiger partial charge in [-0.3, -0.25) is 0 Å². The molecular formula is C24H17ClF3N5O. The standard InChI is InChI=1S/C24H17ClF3N5O/c25-18-3-1-2-16(12-18)21-13-34-23(31-21)30-19-8-4-15(5-9-19)22-29-14-33(32-22)20-10-6-17(7-11-20)24(26,27)28/h1-12,14,21H,13H2,(H,30,31). The highest BCUT2D eigenvalue weighted by molar-refractivity contribution is 6.30. The van der Waals surface area contributed by atoms with E-state index in [1.165, 1.54) is 23.1 Å². The molecule has 0 radical (unpaired) electrons. The molecule has 0 saturated heterocycles. The van der Waals surface area contributed by atoms with Crippen LogP contribution in [-0.4, -0.2) is 27.4 Å². The van der Waals surface area contributed by atoms with Crippen LogP contribution in [-0.2, 0) is 10.9 Å². The SMILES string of the molecule is FC(F)(F)c1ccc(-n2cnc(-c3ccc(NC4=NC(c5cccc(Cl)c5)CO4)cc3)n2)cc1. The zero-order chi connectivity index (χ0) is 23.7. The van der Waals surface area contributed by atoms with E-state index in [1.807, 2.05) is 48.5 Å². The molecule has 4 aromatic rings. The summed E-state index contributed by atoms with van der Waals surface area (Å²) in [5, 5.41) is 8.16. The van der Waals surface area contributed by atoms with E-state index in [0.717, 1.165) is 28.9 Å². The van der Waals surface area contributed by atoms with E-state index in [1.54, 1.807) is 0 Å². The van der Waals surface area contributed by atoms with E-state index in [2.05, 4.69) is 20.4 Å². The largest absolute Gasteiger partial charge is 0.462 e. The maximum Gasteiger partial charge on any atom is 0.416 e. The van der Waals surface area contributed by atoms with Crippen molar-refractivity contribution in [3.05, 3.63) is 95.3 Å². The van der Waals surface area contributed by atoms with Gasteiger partial charge >= 0.3 is 6.18 Å². The zero-order valence-electron chi connectivity index (χ0n) is 17.5. The van der Waals surface area contributed by atoms with Gasteiger partial charge in [0.2, 0.25) is 0 Å². The number of nitrogens with zero attached hydrogens (tertiary/aromatic N) is 4. The summed E-state index contributed by atoms with van der Waals surface area (Å²) in [4.78, 5) is 8.83. The van der Waals surface area contributed by atoms with Crippen molar-refractivity contribution in [2.75, 3.05) is 11.9 Å². The number of halogens is 4. The first-order valence-corrected chi connectivity index (χ1v) is 10.7. The van der Waals surface area contributed by atoms with Crippen LogP contribution in [0.3, 0.4) is 0 Å². The van der Waals surface area contributed by atoms with Crippen LogP contribution in [0.1, 0.15) is 17.2 Å². The molecule has 172 valence electrons. The van der Waals surface area contributed by atoms with Gasteiger partial charge in [0.05, 0.1) is 11.3 Å². The van der Waals surface area contributed by atoms with Crippen molar-refractivity contribution in [1.82, 2.24) is 14.8 Å². The summed E-state index contributed by atoms with van der Waals surface area (Å²) in [5.74, 6) is 0.446. The quantitative estimate of drug-likeness (QED) is 0.378. The van der Waals surface area contributed by atoms with Gasteiger partial charge in [0.1, 0.15) is 19.0 Å². The van der Waals surface area contributed by atoms with Gasteiger partial charge in [-0.2, -0.15) is 13.2 Å². The van der Waals surface area contributed by atoms with Crippen molar-refractivity contribution in [3.63, 3.8) is 0 Å². The fourth-order valence-electron chi connectivity index (χ4n) is 3.48. The molecule has 1 atom stereocenters. The molecule has 1 aromatic heterocycles. The lowest BCUT2D eigenvalue weighted by Crippen LogP contribution is -2.11. The number of ether oxygens (including phenoxy) is 1. The molecule has 0 fully saturated rings. The average Bonchev–Trinajstić information content (AvgIpc) is 3.50. The molecule has 2 heterocycles. The minimum absolute atomic E-state index is 0.126. The van der Waals surface area contributed by atoms with Gasteiger partial charge in [-0.1, -0.05) is 23.7 Å². The molecule has 1 unspecified atom stereocenters. The van der Waals surface area contributed by atoms with E-state index >= 15 is 0 Å². The topological polar surface area (TPSA) is 64.3 Å². The average molecular weight is 484 g/mol. The molecular weight excluding hydrogens is 467 g/mol. The molecule has 3 aromatic carbocycles. The monoisotopic (exact) mass is 483 g/mol. The van der Waals surface area contributed by atoms with E-state index < -0.39 is 11.7 Å². The minimum atomic E-state index is -4.38. The predicted molar refractivity (Wildman–Crippen MR) is 123 cm³/mol. The lowest BCUT2D eigenvalue weighted by molar-refractivity contribution is -0.137. The number of nitrogens with one attached hydrogen (secondary N) is 1. The summed E-state index contributed by atoms with van der Waals surface area (Å²) in [6.07, 6.45) is -2.92. The summed E-state index contributed by atoms with van der Waals surface area (Å²) in [6, 6.07) is 19.9. The van der Waals surface area contributed by atoms with Crippen molar-refractivity contribution in [1.29, 1.82) is 0 Å². The van der Waals surface area contributed by atoms with Gasteiger partial charge in [0, 0.05) is 16.3 Å².